The van der Waals surface area contributed by atoms with Crippen molar-refractivity contribution in [3.05, 3.63) is 36.1 Å². The number of hydrogen-bond acceptors (Lipinski definition) is 4. The van der Waals surface area contributed by atoms with Crippen molar-refractivity contribution in [3.63, 3.8) is 0 Å². The Morgan fingerprint density at radius 2 is 1.95 bits per heavy atom. The molecule has 0 spiro atoms. The largest absolute Gasteiger partial charge is 0.491 e. The van der Waals surface area contributed by atoms with E-state index in [1.807, 2.05) is 0 Å². The first-order chi connectivity index (χ1) is 10.3. The smallest absolute Gasteiger partial charge is 0.320 e. The van der Waals surface area contributed by atoms with Crippen LogP contribution in [0.3, 0.4) is 0 Å². The first-order valence-corrected chi connectivity index (χ1v) is 6.71. The van der Waals surface area contributed by atoms with E-state index in [4.69, 9.17) is 20.7 Å². The van der Waals surface area contributed by atoms with Gasteiger partial charge in [-0.3, -0.25) is 9.59 Å². The van der Waals surface area contributed by atoms with Gasteiger partial charge in [-0.1, -0.05) is 18.2 Å². The number of rotatable bonds is 11. The summed E-state index contributed by atoms with van der Waals surface area (Å²) in [5.74, 6) is -2.87. The number of carboxylic acids is 2. The zero-order chi connectivity index (χ0) is 17.1. The molecule has 22 heavy (non-hydrogen) atoms. The molecule has 0 heterocycles. The predicted octanol–water partition coefficient (Wildman–Crippen LogP) is 1.88. The molecule has 4 N–H and O–H groups in total. The normalized spacial score (nSPS) is 15.0. The van der Waals surface area contributed by atoms with Crippen molar-refractivity contribution in [2.75, 3.05) is 13.3 Å². The van der Waals surface area contributed by atoms with Crippen LogP contribution in [-0.4, -0.2) is 41.5 Å². The second-order valence-corrected chi connectivity index (χ2v) is 4.74. The van der Waals surface area contributed by atoms with Crippen LogP contribution in [0.4, 0.5) is 4.39 Å². The summed E-state index contributed by atoms with van der Waals surface area (Å²) in [4.78, 5) is 21.9. The fraction of sp³-hybridized carbons (Fsp3) is 0.467. The van der Waals surface area contributed by atoms with Crippen LogP contribution in [0, 0.1) is 5.92 Å². The van der Waals surface area contributed by atoms with Gasteiger partial charge in [0, 0.05) is 0 Å². The fourth-order valence-corrected chi connectivity index (χ4v) is 1.69. The molecule has 0 rings (SSSR count). The predicted molar refractivity (Wildman–Crippen MR) is 79.9 cm³/mol. The Morgan fingerprint density at radius 3 is 2.41 bits per heavy atom. The number of hydrogen-bond donors (Lipinski definition) is 3. The van der Waals surface area contributed by atoms with E-state index >= 15 is 0 Å². The minimum Gasteiger partial charge on any atom is -0.491 e. The van der Waals surface area contributed by atoms with Crippen LogP contribution in [0.15, 0.2) is 36.1 Å². The van der Waals surface area contributed by atoms with Crippen LogP contribution in [0.1, 0.15) is 19.8 Å². The molecule has 2 atom stereocenters. The van der Waals surface area contributed by atoms with Gasteiger partial charge in [0.25, 0.3) is 0 Å². The van der Waals surface area contributed by atoms with Crippen molar-refractivity contribution < 1.29 is 28.9 Å². The third-order valence-electron chi connectivity index (χ3n) is 2.85. The fourth-order valence-electron chi connectivity index (χ4n) is 1.69. The molecule has 0 aliphatic carbocycles. The SMILES string of the molecule is C=C/C(=C\C=C(/C)C[C@@H](C[C@H](N)C(=O)O)C(=O)O)OCCF. The van der Waals surface area contributed by atoms with Crippen molar-refractivity contribution in [2.45, 2.75) is 25.8 Å². The maximum absolute atomic E-state index is 12.0. The molecule has 0 unspecified atom stereocenters. The number of nitrogens with two attached hydrogens (primary N) is 1. The van der Waals surface area contributed by atoms with Crippen molar-refractivity contribution in [1.29, 1.82) is 0 Å². The molecule has 0 bridgehead atoms. The van der Waals surface area contributed by atoms with Gasteiger partial charge in [-0.15, -0.1) is 0 Å². The summed E-state index contributed by atoms with van der Waals surface area (Å²) in [7, 11) is 0. The second-order valence-electron chi connectivity index (χ2n) is 4.74. The lowest BCUT2D eigenvalue weighted by Crippen LogP contribution is -2.34. The van der Waals surface area contributed by atoms with Gasteiger partial charge >= 0.3 is 11.9 Å². The first-order valence-electron chi connectivity index (χ1n) is 6.71. The summed E-state index contributed by atoms with van der Waals surface area (Å²) in [6.45, 7) is 4.51. The molecule has 6 nitrogen and oxygen atoms in total. The van der Waals surface area contributed by atoms with Gasteiger partial charge in [-0.2, -0.15) is 0 Å². The number of ether oxygens (including phenoxy) is 1. The summed E-state index contributed by atoms with van der Waals surface area (Å²) in [6, 6.07) is -1.22. The lowest BCUT2D eigenvalue weighted by Gasteiger charge is -2.15. The van der Waals surface area contributed by atoms with E-state index in [2.05, 4.69) is 6.58 Å². The van der Waals surface area contributed by atoms with E-state index in [0.29, 0.717) is 11.3 Å². The number of carboxylic acid groups (broad SMARTS) is 2. The molecule has 0 saturated heterocycles. The van der Waals surface area contributed by atoms with Gasteiger partial charge in [0.05, 0.1) is 5.92 Å². The second kappa shape index (κ2) is 10.6. The Bertz CT molecular complexity index is 459. The summed E-state index contributed by atoms with van der Waals surface area (Å²) < 4.78 is 17.1. The lowest BCUT2D eigenvalue weighted by atomic mass is 9.93. The standard InChI is InChI=1S/C15H22FNO5/c1-3-12(22-7-6-16)5-4-10(2)8-11(14(18)19)9-13(17)15(20)21/h3-5,11,13H,1,6-9,17H2,2H3,(H,18,19)(H,20,21)/b10-4+,12-5+/t11-,13-/m0/s1. The molecule has 0 saturated carbocycles. The van der Waals surface area contributed by atoms with Gasteiger partial charge < -0.3 is 20.7 Å². The number of aliphatic carboxylic acids is 2. The van der Waals surface area contributed by atoms with E-state index in [9.17, 15) is 14.0 Å². The zero-order valence-electron chi connectivity index (χ0n) is 12.5. The molecule has 0 amide bonds. The Kier molecular flexibility index (Phi) is 9.53. The van der Waals surface area contributed by atoms with Crippen LogP contribution in [0.2, 0.25) is 0 Å². The highest BCUT2D eigenvalue weighted by atomic mass is 19.1. The highest BCUT2D eigenvalue weighted by molar-refractivity contribution is 5.76. The van der Waals surface area contributed by atoms with Gasteiger partial charge in [0.2, 0.25) is 0 Å². The van der Waals surface area contributed by atoms with Gasteiger partial charge in [0.15, 0.2) is 0 Å². The molecule has 0 radical (unpaired) electrons. The summed E-state index contributed by atoms with van der Waals surface area (Å²) in [5.41, 5.74) is 6.07. The molecule has 0 aliphatic heterocycles. The number of allylic oxidation sites excluding steroid dienone is 4. The Labute approximate surface area is 128 Å². The molecule has 0 aromatic rings. The molecule has 124 valence electrons. The van der Waals surface area contributed by atoms with Crippen molar-refractivity contribution in [1.82, 2.24) is 0 Å². The van der Waals surface area contributed by atoms with Crippen LogP contribution >= 0.6 is 0 Å². The van der Waals surface area contributed by atoms with Crippen LogP contribution < -0.4 is 5.73 Å². The summed E-state index contributed by atoms with van der Waals surface area (Å²) in [6.07, 6.45) is 4.58. The highest BCUT2D eigenvalue weighted by Gasteiger charge is 2.24. The number of carbonyl (C=O) groups is 2. The summed E-state index contributed by atoms with van der Waals surface area (Å²) >= 11 is 0. The average Bonchev–Trinajstić information content (AvgIpc) is 2.46. The van der Waals surface area contributed by atoms with Crippen LogP contribution in [0.25, 0.3) is 0 Å². The third kappa shape index (κ3) is 8.21. The molecule has 0 fully saturated rings. The molecular formula is C15H22FNO5. The molecule has 7 heteroatoms. The quantitative estimate of drug-likeness (QED) is 0.397. The molecule has 0 aromatic heterocycles. The van der Waals surface area contributed by atoms with Crippen molar-refractivity contribution >= 4 is 11.9 Å². The van der Waals surface area contributed by atoms with E-state index in [-0.39, 0.29) is 19.4 Å². The highest BCUT2D eigenvalue weighted by Crippen LogP contribution is 2.17. The van der Waals surface area contributed by atoms with Crippen LogP contribution in [0.5, 0.6) is 0 Å². The number of alkyl halides is 1. The van der Waals surface area contributed by atoms with Gasteiger partial charge in [0.1, 0.15) is 25.1 Å². The van der Waals surface area contributed by atoms with Gasteiger partial charge in [-0.05, 0) is 31.9 Å². The van der Waals surface area contributed by atoms with Gasteiger partial charge in [-0.25, -0.2) is 4.39 Å². The zero-order valence-corrected chi connectivity index (χ0v) is 12.5. The Balaban J connectivity index is 4.80. The maximum Gasteiger partial charge on any atom is 0.320 e. The van der Waals surface area contributed by atoms with Crippen LogP contribution in [-0.2, 0) is 14.3 Å². The molecular weight excluding hydrogens is 293 g/mol. The Morgan fingerprint density at radius 1 is 1.32 bits per heavy atom. The molecule has 0 aromatic carbocycles. The topological polar surface area (TPSA) is 110 Å². The first kappa shape index (κ1) is 19.9. The third-order valence-corrected chi connectivity index (χ3v) is 2.85. The minimum atomic E-state index is -1.23. The van der Waals surface area contributed by atoms with Crippen molar-refractivity contribution in [2.24, 2.45) is 11.7 Å². The molecule has 0 aliphatic rings. The number of halogens is 1. The van der Waals surface area contributed by atoms with E-state index < -0.39 is 30.6 Å². The average molecular weight is 315 g/mol. The maximum atomic E-state index is 12.0. The monoisotopic (exact) mass is 315 g/mol. The minimum absolute atomic E-state index is 0.0873. The van der Waals surface area contributed by atoms with Crippen molar-refractivity contribution in [3.8, 4) is 0 Å². The summed E-state index contributed by atoms with van der Waals surface area (Å²) in [5, 5.41) is 17.9. The van der Waals surface area contributed by atoms with E-state index in [1.54, 1.807) is 19.1 Å². The Hall–Kier alpha value is -2.15. The van der Waals surface area contributed by atoms with E-state index in [1.165, 1.54) is 6.08 Å². The lowest BCUT2D eigenvalue weighted by molar-refractivity contribution is -0.143. The van der Waals surface area contributed by atoms with E-state index in [0.717, 1.165) is 0 Å².